The molecule has 0 unspecified atom stereocenters. The highest BCUT2D eigenvalue weighted by atomic mass is 35.5. The number of primary amides is 2. The maximum absolute atomic E-state index is 12.3. The van der Waals surface area contributed by atoms with Crippen LogP contribution in [0.2, 0.25) is 5.15 Å². The molecule has 364 valence electrons. The molecule has 2 aromatic carbocycles. The fourth-order valence-electron chi connectivity index (χ4n) is 7.71. The van der Waals surface area contributed by atoms with Crippen molar-refractivity contribution in [2.75, 3.05) is 16.0 Å². The lowest BCUT2D eigenvalue weighted by molar-refractivity contribution is 0.0475. The number of alkyl carbamates (subject to hydrolysis) is 2. The molecule has 67 heavy (non-hydrogen) atoms. The van der Waals surface area contributed by atoms with Crippen LogP contribution in [0.15, 0.2) is 48.5 Å². The first-order chi connectivity index (χ1) is 31.3. The number of hydrogen-bond acceptors (Lipinski definition) is 14. The molecule has 19 heteroatoms. The quantitative estimate of drug-likeness (QED) is 0.0740. The maximum atomic E-state index is 12.3. The number of aryl methyl sites for hydroxylation is 4. The van der Waals surface area contributed by atoms with Gasteiger partial charge in [-0.25, -0.2) is 9.59 Å². The summed E-state index contributed by atoms with van der Waals surface area (Å²) in [5, 5.41) is 31.3. The van der Waals surface area contributed by atoms with Gasteiger partial charge in [-0.15, -0.1) is 20.4 Å². The van der Waals surface area contributed by atoms with Crippen LogP contribution < -0.4 is 43.8 Å². The SMILES string of the molecule is CC(C)(C)OC(=O)N[C@H]1CCCC[C@H]1N.Cc1cc(C)cc(Nc2cc(Cl)nnc2C(N)=O)c1.Cc1cc(C)cc(Nc2cc(N[C@@H]3CCCC[C@@H]3NC(=O)OC(C)(C)C)nnc2C(N)=O)c1. The lowest BCUT2D eigenvalue weighted by Crippen LogP contribution is -2.50. The van der Waals surface area contributed by atoms with Gasteiger partial charge in [-0.2, -0.15) is 0 Å². The predicted molar refractivity (Wildman–Crippen MR) is 263 cm³/mol. The average molecular weight is 946 g/mol. The van der Waals surface area contributed by atoms with E-state index in [1.807, 2.05) is 93.5 Å². The Kier molecular flexibility index (Phi) is 19.1. The molecule has 2 fully saturated rings. The van der Waals surface area contributed by atoms with E-state index in [1.54, 1.807) is 6.07 Å². The molecule has 6 rings (SSSR count). The minimum Gasteiger partial charge on any atom is -0.444 e. The molecule has 4 atom stereocenters. The molecule has 4 aromatic rings. The van der Waals surface area contributed by atoms with Crippen LogP contribution in [0, 0.1) is 27.7 Å². The van der Waals surface area contributed by atoms with E-state index in [0.29, 0.717) is 17.2 Å². The Morgan fingerprint density at radius 3 is 1.42 bits per heavy atom. The van der Waals surface area contributed by atoms with E-state index in [0.717, 1.165) is 85.0 Å². The zero-order valence-electron chi connectivity index (χ0n) is 40.4. The minimum atomic E-state index is -0.664. The molecule has 2 aliphatic carbocycles. The number of carbonyl (C=O) groups excluding carboxylic acids is 4. The van der Waals surface area contributed by atoms with E-state index < -0.39 is 29.1 Å². The fourth-order valence-corrected chi connectivity index (χ4v) is 7.86. The zero-order chi connectivity index (χ0) is 49.6. The van der Waals surface area contributed by atoms with E-state index in [-0.39, 0.29) is 46.8 Å². The van der Waals surface area contributed by atoms with Crippen LogP contribution in [-0.4, -0.2) is 79.8 Å². The normalized spacial score (nSPS) is 18.0. The lowest BCUT2D eigenvalue weighted by Gasteiger charge is -2.33. The Morgan fingerprint density at radius 1 is 0.567 bits per heavy atom. The van der Waals surface area contributed by atoms with Crippen molar-refractivity contribution in [1.82, 2.24) is 31.0 Å². The van der Waals surface area contributed by atoms with E-state index in [2.05, 4.69) is 59.1 Å². The summed E-state index contributed by atoms with van der Waals surface area (Å²) in [6.07, 6.45) is 7.19. The molecule has 4 amide bonds. The van der Waals surface area contributed by atoms with E-state index in [9.17, 15) is 19.2 Å². The molecule has 2 aromatic heterocycles. The topological polar surface area (TPSA) is 277 Å². The number of aromatic nitrogens is 4. The van der Waals surface area contributed by atoms with Crippen molar-refractivity contribution >= 4 is 64.2 Å². The van der Waals surface area contributed by atoms with Gasteiger partial charge in [0.2, 0.25) is 0 Å². The Balaban J connectivity index is 0.000000243. The molecule has 2 aliphatic rings. The van der Waals surface area contributed by atoms with Crippen molar-refractivity contribution in [3.8, 4) is 0 Å². The van der Waals surface area contributed by atoms with Crippen LogP contribution in [0.3, 0.4) is 0 Å². The first-order valence-electron chi connectivity index (χ1n) is 22.6. The van der Waals surface area contributed by atoms with Crippen LogP contribution in [-0.2, 0) is 9.47 Å². The van der Waals surface area contributed by atoms with Crippen LogP contribution >= 0.6 is 11.6 Å². The van der Waals surface area contributed by atoms with Crippen molar-refractivity contribution in [2.24, 2.45) is 17.2 Å². The largest absolute Gasteiger partial charge is 0.444 e. The Hall–Kier alpha value is -6.27. The zero-order valence-corrected chi connectivity index (χ0v) is 41.2. The Morgan fingerprint density at radius 2 is 0.970 bits per heavy atom. The third-order valence-electron chi connectivity index (χ3n) is 10.3. The second kappa shape index (κ2) is 24.0. The molecule has 11 N–H and O–H groups in total. The number of carbonyl (C=O) groups is 4. The molecule has 0 radical (unpaired) electrons. The number of halogens is 1. The van der Waals surface area contributed by atoms with Gasteiger partial charge in [0.1, 0.15) is 11.2 Å². The van der Waals surface area contributed by atoms with Gasteiger partial charge >= 0.3 is 12.2 Å². The number of hydrogen-bond donors (Lipinski definition) is 8. The highest BCUT2D eigenvalue weighted by Gasteiger charge is 2.30. The summed E-state index contributed by atoms with van der Waals surface area (Å²) in [6, 6.07) is 15.2. The van der Waals surface area contributed by atoms with Gasteiger partial charge in [-0.3, -0.25) is 9.59 Å². The number of ether oxygens (including phenoxy) is 2. The van der Waals surface area contributed by atoms with Crippen LogP contribution in [0.1, 0.15) is 136 Å². The van der Waals surface area contributed by atoms with Crippen molar-refractivity contribution in [3.63, 3.8) is 0 Å². The third kappa shape index (κ3) is 18.5. The highest BCUT2D eigenvalue weighted by molar-refractivity contribution is 6.29. The molecule has 0 bridgehead atoms. The first kappa shape index (κ1) is 53.3. The van der Waals surface area contributed by atoms with Gasteiger partial charge in [0, 0.05) is 41.6 Å². The van der Waals surface area contributed by atoms with Crippen molar-refractivity contribution in [1.29, 1.82) is 0 Å². The number of nitrogens with zero attached hydrogens (tertiary/aromatic N) is 4. The van der Waals surface area contributed by atoms with E-state index >= 15 is 0 Å². The number of anilines is 5. The second-order valence-electron chi connectivity index (χ2n) is 19.1. The molecular weight excluding hydrogens is 876 g/mol. The molecule has 0 saturated heterocycles. The van der Waals surface area contributed by atoms with Crippen LogP contribution in [0.5, 0.6) is 0 Å². The van der Waals surface area contributed by atoms with Crippen molar-refractivity contribution < 1.29 is 28.7 Å². The number of rotatable bonds is 10. The molecule has 2 heterocycles. The van der Waals surface area contributed by atoms with Gasteiger partial charge < -0.3 is 53.3 Å². The van der Waals surface area contributed by atoms with Gasteiger partial charge in [0.25, 0.3) is 11.8 Å². The van der Waals surface area contributed by atoms with Gasteiger partial charge in [0.15, 0.2) is 22.4 Å². The summed E-state index contributed by atoms with van der Waals surface area (Å²) >= 11 is 5.78. The lowest BCUT2D eigenvalue weighted by atomic mass is 9.90. The highest BCUT2D eigenvalue weighted by Crippen LogP contribution is 2.28. The number of nitrogens with one attached hydrogen (secondary N) is 5. The maximum Gasteiger partial charge on any atom is 0.407 e. The fraction of sp³-hybridized carbons (Fsp3) is 0.500. The van der Waals surface area contributed by atoms with E-state index in [4.69, 9.17) is 38.3 Å². The third-order valence-corrected chi connectivity index (χ3v) is 10.5. The van der Waals surface area contributed by atoms with Crippen molar-refractivity contribution in [2.45, 2.75) is 156 Å². The summed E-state index contributed by atoms with van der Waals surface area (Å²) in [4.78, 5) is 47.0. The molecule has 18 nitrogen and oxygen atoms in total. The van der Waals surface area contributed by atoms with Gasteiger partial charge in [0.05, 0.1) is 17.4 Å². The second-order valence-corrected chi connectivity index (χ2v) is 19.5. The summed E-state index contributed by atoms with van der Waals surface area (Å²) in [7, 11) is 0. The van der Waals surface area contributed by atoms with E-state index in [1.165, 1.54) is 6.07 Å². The summed E-state index contributed by atoms with van der Waals surface area (Å²) < 4.78 is 10.6. The summed E-state index contributed by atoms with van der Waals surface area (Å²) in [5.74, 6) is -0.825. The van der Waals surface area contributed by atoms with Gasteiger partial charge in [-0.05, 0) is 141 Å². The molecular formula is C48H69ClN12O6. The summed E-state index contributed by atoms with van der Waals surface area (Å²) in [5.41, 5.74) is 22.8. The molecule has 0 aliphatic heterocycles. The predicted octanol–water partition coefficient (Wildman–Crippen LogP) is 8.55. The van der Waals surface area contributed by atoms with Gasteiger partial charge in [-0.1, -0.05) is 49.4 Å². The van der Waals surface area contributed by atoms with Crippen molar-refractivity contribution in [3.05, 3.63) is 87.3 Å². The molecule has 0 spiro atoms. The smallest absolute Gasteiger partial charge is 0.407 e. The molecule has 2 saturated carbocycles. The summed E-state index contributed by atoms with van der Waals surface area (Å²) in [6.45, 7) is 19.1. The van der Waals surface area contributed by atoms with Crippen LogP contribution in [0.4, 0.5) is 38.2 Å². The average Bonchev–Trinajstić information content (AvgIpc) is 3.18. The van der Waals surface area contributed by atoms with Crippen LogP contribution in [0.25, 0.3) is 0 Å². The number of nitrogens with two attached hydrogens (primary N) is 3. The minimum absolute atomic E-state index is 0.0472. The standard InChI is InChI=1S/C24H34N6O3.C13H13ClN4O.C11H22N2O2/c1-14-10-15(2)12-16(11-14)26-19-13-20(29-30-21(19)22(25)31)27-17-8-6-7-9-18(17)28-23(32)33-24(3,4)5;1-7-3-8(2)5-9(4-7)16-10-6-11(14)17-18-12(10)13(15)19;1-11(2,3)15-10(14)13-9-7-5-4-6-8(9)12/h10-13,17-18H,6-9H2,1-5H3,(H2,25,31)(H,28,32)(H2,26,27,29);3-6H,1-2H3,(H2,15,19)(H,16,17);8-9H,4-7,12H2,1-3H3,(H,13,14)/t17-,18+;;8-,9+/m1.1/s1. The Bertz CT molecular complexity index is 2310. The number of amides is 4. The monoisotopic (exact) mass is 945 g/mol. The Labute approximate surface area is 399 Å². The number of benzene rings is 2. The first-order valence-corrected chi connectivity index (χ1v) is 22.9.